The molecule has 3 aliphatic rings. The molecule has 1 unspecified atom stereocenters. The fourth-order valence-electron chi connectivity index (χ4n) is 9.85. The summed E-state index contributed by atoms with van der Waals surface area (Å²) in [6.07, 6.45) is 14.4. The van der Waals surface area contributed by atoms with Crippen molar-refractivity contribution in [3.63, 3.8) is 0 Å². The van der Waals surface area contributed by atoms with Gasteiger partial charge in [0.25, 0.3) is 0 Å². The van der Waals surface area contributed by atoms with Crippen LogP contribution in [0.1, 0.15) is 36.0 Å². The fraction of sp³-hybridized carbons (Fsp3) is 0.0645. The molecule has 9 aromatic rings. The second-order valence-electron chi connectivity index (χ2n) is 17.3. The summed E-state index contributed by atoms with van der Waals surface area (Å²) >= 11 is 0. The molecule has 1 atom stereocenters. The van der Waals surface area contributed by atoms with Crippen molar-refractivity contribution in [3.05, 3.63) is 247 Å². The molecule has 12 rings (SSSR count). The fourth-order valence-corrected chi connectivity index (χ4v) is 9.85. The van der Waals surface area contributed by atoms with Crippen LogP contribution in [0.2, 0.25) is 0 Å². The van der Waals surface area contributed by atoms with Crippen LogP contribution in [0.5, 0.6) is 0 Å². The van der Waals surface area contributed by atoms with Crippen LogP contribution in [0.15, 0.2) is 231 Å². The first-order chi connectivity index (χ1) is 33.2. The topological polar surface area (TPSA) is 54.8 Å². The number of hydrogen-bond acceptors (Lipinski definition) is 5. The maximum Gasteiger partial charge on any atom is 0.182 e. The van der Waals surface area contributed by atoms with Crippen LogP contribution in [0.25, 0.3) is 84.5 Å². The lowest BCUT2D eigenvalue weighted by Gasteiger charge is -2.29. The monoisotopic (exact) mass is 859 g/mol. The molecule has 2 aliphatic carbocycles. The zero-order valence-corrected chi connectivity index (χ0v) is 36.9. The van der Waals surface area contributed by atoms with Gasteiger partial charge in [0.1, 0.15) is 5.69 Å². The molecule has 0 saturated carbocycles. The van der Waals surface area contributed by atoms with Crippen molar-refractivity contribution in [2.45, 2.75) is 25.3 Å². The van der Waals surface area contributed by atoms with Gasteiger partial charge in [0.2, 0.25) is 0 Å². The van der Waals surface area contributed by atoms with Crippen LogP contribution in [0.4, 0.5) is 11.4 Å². The van der Waals surface area contributed by atoms with E-state index in [1.54, 1.807) is 0 Å². The van der Waals surface area contributed by atoms with Crippen LogP contribution >= 0.6 is 0 Å². The lowest BCUT2D eigenvalue weighted by atomic mass is 9.86. The molecule has 318 valence electrons. The Balaban J connectivity index is 0.971. The normalized spacial score (nSPS) is 15.0. The van der Waals surface area contributed by atoms with Crippen molar-refractivity contribution < 1.29 is 0 Å². The zero-order chi connectivity index (χ0) is 44.5. The second-order valence-corrected chi connectivity index (χ2v) is 17.3. The first-order valence-electron chi connectivity index (χ1n) is 23.1. The van der Waals surface area contributed by atoms with Gasteiger partial charge in [-0.25, -0.2) is 19.9 Å². The van der Waals surface area contributed by atoms with Crippen molar-refractivity contribution >= 4 is 28.1 Å². The summed E-state index contributed by atoms with van der Waals surface area (Å²) in [5, 5.41) is 0. The number of anilines is 2. The third-order valence-electron chi connectivity index (χ3n) is 13.1. The number of aromatic nitrogens is 4. The number of hydrogen-bond donors (Lipinski definition) is 0. The number of para-hydroxylation sites is 1. The van der Waals surface area contributed by atoms with Crippen molar-refractivity contribution in [1.29, 1.82) is 0 Å². The smallest absolute Gasteiger partial charge is 0.182 e. The summed E-state index contributed by atoms with van der Waals surface area (Å²) in [4.78, 5) is 23.3. The highest BCUT2D eigenvalue weighted by Crippen LogP contribution is 2.52. The molecule has 7 aromatic carbocycles. The summed E-state index contributed by atoms with van der Waals surface area (Å²) < 4.78 is 0. The molecule has 5 heteroatoms. The van der Waals surface area contributed by atoms with E-state index < -0.39 is 0 Å². The largest absolute Gasteiger partial charge is 0.333 e. The van der Waals surface area contributed by atoms with Gasteiger partial charge in [-0.1, -0.05) is 170 Å². The van der Waals surface area contributed by atoms with Crippen LogP contribution < -0.4 is 4.90 Å². The molecule has 0 bridgehead atoms. The Kier molecular flexibility index (Phi) is 10.4. The zero-order valence-electron chi connectivity index (χ0n) is 36.9. The number of fused-ring (bicyclic) bond motifs is 3. The predicted octanol–water partition coefficient (Wildman–Crippen LogP) is 15.4. The van der Waals surface area contributed by atoms with Gasteiger partial charge < -0.3 is 4.90 Å². The molecule has 1 aliphatic heterocycles. The summed E-state index contributed by atoms with van der Waals surface area (Å²) in [7, 11) is 0. The number of pyridine rings is 1. The highest BCUT2D eigenvalue weighted by molar-refractivity contribution is 6.03. The highest BCUT2D eigenvalue weighted by atomic mass is 15.2. The van der Waals surface area contributed by atoms with Crippen LogP contribution in [0.3, 0.4) is 0 Å². The van der Waals surface area contributed by atoms with Gasteiger partial charge >= 0.3 is 0 Å². The maximum absolute atomic E-state index is 5.31. The van der Waals surface area contributed by atoms with E-state index in [0.717, 1.165) is 52.8 Å². The van der Waals surface area contributed by atoms with Gasteiger partial charge in [-0.2, -0.15) is 0 Å². The molecule has 0 amide bonds. The molecule has 5 nitrogen and oxygen atoms in total. The van der Waals surface area contributed by atoms with Crippen molar-refractivity contribution in [1.82, 2.24) is 19.9 Å². The molecular weight excluding hydrogens is 815 g/mol. The predicted molar refractivity (Wildman–Crippen MR) is 276 cm³/mol. The van der Waals surface area contributed by atoms with Crippen molar-refractivity contribution in [3.8, 4) is 67.8 Å². The van der Waals surface area contributed by atoms with Gasteiger partial charge in [-0.3, -0.25) is 0 Å². The molecule has 0 fully saturated rings. The second kappa shape index (κ2) is 17.4. The first kappa shape index (κ1) is 40.0. The van der Waals surface area contributed by atoms with E-state index in [0.29, 0.717) is 23.2 Å². The quantitative estimate of drug-likeness (QED) is 0.145. The molecule has 3 heterocycles. The maximum atomic E-state index is 5.31. The molecule has 0 spiro atoms. The standard InChI is InChI=1S/C62H45N5/c1-6-19-42(20-7-1)46-35-36-57-54(41-46)59-53(31-17-34-58(59)67(57)52-29-14-5-15-30-52)47-27-16-28-48(37-47)61-64-60(45-25-12-4-13-26-45)65-62(66-61)56-33-18-32-55(63-56)51-39-49(43-21-8-2-9-22-43)38-50(40-51)44-23-10-3-11-24-44/h1-10,12-23,25-35,37-41,57H,11,24,36H2. The van der Waals surface area contributed by atoms with Crippen LogP contribution in [-0.4, -0.2) is 26.0 Å². The third kappa shape index (κ3) is 7.81. The van der Waals surface area contributed by atoms with Crippen LogP contribution in [0, 0.1) is 0 Å². The lowest BCUT2D eigenvalue weighted by Crippen LogP contribution is -2.27. The number of nitrogens with zero attached hydrogens (tertiary/aromatic N) is 5. The molecular formula is C62H45N5. The first-order valence-corrected chi connectivity index (χ1v) is 23.1. The average Bonchev–Trinajstić information content (AvgIpc) is 3.76. The van der Waals surface area contributed by atoms with Gasteiger partial charge in [0, 0.05) is 33.6 Å². The Morgan fingerprint density at radius 3 is 1.81 bits per heavy atom. The minimum atomic E-state index is 0.172. The molecule has 2 aromatic heterocycles. The SMILES string of the molecule is C1=CCCC(c2cc(-c3ccccc3)cc(-c3cccc(-c4nc(-c5ccccc5)nc(-c5cccc(-c6cccc7c6C6=CC(c8ccccc8)=CCC6N7c6ccccc6)c5)n4)n3)c2)=C1. The van der Waals surface area contributed by atoms with Gasteiger partial charge in [0.15, 0.2) is 17.5 Å². The Morgan fingerprint density at radius 2 is 1.04 bits per heavy atom. The molecule has 0 N–H and O–H groups in total. The summed E-state index contributed by atoms with van der Waals surface area (Å²) in [5.74, 6) is 1.70. The van der Waals surface area contributed by atoms with Gasteiger partial charge in [0.05, 0.1) is 11.7 Å². The third-order valence-corrected chi connectivity index (χ3v) is 13.1. The Bertz CT molecular complexity index is 3430. The Labute approximate surface area is 391 Å². The van der Waals surface area contributed by atoms with Crippen LogP contribution in [-0.2, 0) is 0 Å². The summed E-state index contributed by atoms with van der Waals surface area (Å²) in [6.45, 7) is 0. The minimum Gasteiger partial charge on any atom is -0.333 e. The van der Waals surface area contributed by atoms with Crippen molar-refractivity contribution in [2.75, 3.05) is 4.90 Å². The summed E-state index contributed by atoms with van der Waals surface area (Å²) in [6, 6.07) is 70.8. The van der Waals surface area contributed by atoms with E-state index in [9.17, 15) is 0 Å². The lowest BCUT2D eigenvalue weighted by molar-refractivity contribution is 0.831. The Hall–Kier alpha value is -8.54. The van der Waals surface area contributed by atoms with E-state index >= 15 is 0 Å². The molecule has 0 saturated heterocycles. The average molecular weight is 860 g/mol. The summed E-state index contributed by atoms with van der Waals surface area (Å²) in [5.41, 5.74) is 19.0. The van der Waals surface area contributed by atoms with E-state index in [2.05, 4.69) is 199 Å². The van der Waals surface area contributed by atoms with E-state index in [-0.39, 0.29) is 6.04 Å². The van der Waals surface area contributed by atoms with Gasteiger partial charge in [-0.05, 0) is 130 Å². The molecule has 0 radical (unpaired) electrons. The van der Waals surface area contributed by atoms with Crippen molar-refractivity contribution in [2.24, 2.45) is 0 Å². The van der Waals surface area contributed by atoms with Gasteiger partial charge in [-0.15, -0.1) is 0 Å². The number of benzene rings is 7. The highest BCUT2D eigenvalue weighted by Gasteiger charge is 2.37. The molecule has 67 heavy (non-hydrogen) atoms. The minimum absolute atomic E-state index is 0.172. The Morgan fingerprint density at radius 1 is 0.448 bits per heavy atom. The number of allylic oxidation sites excluding steroid dienone is 6. The van der Waals surface area contributed by atoms with E-state index in [1.165, 1.54) is 55.9 Å². The van der Waals surface area contributed by atoms with E-state index in [1.807, 2.05) is 36.4 Å². The number of rotatable bonds is 9. The van der Waals surface area contributed by atoms with E-state index in [4.69, 9.17) is 19.9 Å².